The Hall–Kier alpha value is -0.0800. The van der Waals surface area contributed by atoms with Crippen LogP contribution in [0.25, 0.3) is 0 Å². The third-order valence-corrected chi connectivity index (χ3v) is 4.49. The molecule has 0 aromatic carbocycles. The summed E-state index contributed by atoms with van der Waals surface area (Å²) >= 11 is 0. The summed E-state index contributed by atoms with van der Waals surface area (Å²) in [5.74, 6) is 0.285. The average Bonchev–Trinajstić information content (AvgIpc) is 2.29. The van der Waals surface area contributed by atoms with Gasteiger partial charge in [0.25, 0.3) is 0 Å². The van der Waals surface area contributed by atoms with Gasteiger partial charge in [-0.15, -0.1) is 0 Å². The van der Waals surface area contributed by atoms with Gasteiger partial charge >= 0.3 is 0 Å². The molecular weight excluding hydrogens is 200 g/mol. The second-order valence-electron chi connectivity index (χ2n) is 5.64. The summed E-state index contributed by atoms with van der Waals surface area (Å²) in [6.07, 6.45) is 8.10. The molecule has 2 atom stereocenters. The third kappa shape index (κ3) is 2.60. The van der Waals surface area contributed by atoms with Crippen molar-refractivity contribution in [3.05, 3.63) is 0 Å². The van der Waals surface area contributed by atoms with Crippen LogP contribution in [0.5, 0.6) is 0 Å². The maximum atomic E-state index is 10.9. The molecule has 0 aromatic heterocycles. The van der Waals surface area contributed by atoms with Gasteiger partial charge in [-0.1, -0.05) is 39.5 Å². The van der Waals surface area contributed by atoms with E-state index >= 15 is 0 Å². The van der Waals surface area contributed by atoms with Crippen LogP contribution in [-0.2, 0) is 0 Å². The Morgan fingerprint density at radius 2 is 1.62 bits per heavy atom. The molecule has 1 saturated carbocycles. The van der Waals surface area contributed by atoms with Crippen molar-refractivity contribution in [1.82, 2.24) is 0 Å². The molecule has 0 amide bonds. The summed E-state index contributed by atoms with van der Waals surface area (Å²) < 4.78 is 0. The van der Waals surface area contributed by atoms with Gasteiger partial charge in [0.2, 0.25) is 0 Å². The molecule has 0 saturated heterocycles. The average molecular weight is 228 g/mol. The fourth-order valence-corrected chi connectivity index (χ4v) is 3.39. The Kier molecular flexibility index (Phi) is 4.81. The summed E-state index contributed by atoms with van der Waals surface area (Å²) in [5.41, 5.74) is -1.82. The molecule has 96 valence electrons. The summed E-state index contributed by atoms with van der Waals surface area (Å²) in [6.45, 7) is 5.87. The maximum Gasteiger partial charge on any atom is 0.0955 e. The Morgan fingerprint density at radius 1 is 1.06 bits per heavy atom. The van der Waals surface area contributed by atoms with Crippen molar-refractivity contribution in [3.63, 3.8) is 0 Å². The molecule has 1 fully saturated rings. The Bertz CT molecular complexity index is 207. The van der Waals surface area contributed by atoms with Crippen LogP contribution < -0.4 is 0 Å². The fraction of sp³-hybridized carbons (Fsp3) is 1.00. The molecular formula is C14H28O2. The largest absolute Gasteiger partial charge is 0.387 e. The van der Waals surface area contributed by atoms with Crippen molar-refractivity contribution in [2.24, 2.45) is 5.92 Å². The molecule has 16 heavy (non-hydrogen) atoms. The zero-order valence-corrected chi connectivity index (χ0v) is 11.1. The summed E-state index contributed by atoms with van der Waals surface area (Å²) in [5, 5.41) is 21.4. The molecule has 1 aliphatic carbocycles. The molecule has 0 heterocycles. The van der Waals surface area contributed by atoms with Gasteiger partial charge in [0, 0.05) is 0 Å². The van der Waals surface area contributed by atoms with Crippen molar-refractivity contribution >= 4 is 0 Å². The fourth-order valence-electron chi connectivity index (χ4n) is 3.39. The SMILES string of the molecule is CCCC(C)(O)C(O)(CC)C1CCCCC1. The molecule has 2 N–H and O–H groups in total. The third-order valence-electron chi connectivity index (χ3n) is 4.49. The molecule has 0 radical (unpaired) electrons. The van der Waals surface area contributed by atoms with Crippen LogP contribution in [0.1, 0.15) is 72.1 Å². The Labute approximate surface area is 100 Å². The van der Waals surface area contributed by atoms with Gasteiger partial charge in [-0.25, -0.2) is 0 Å². The van der Waals surface area contributed by atoms with Crippen LogP contribution in [0.2, 0.25) is 0 Å². The maximum absolute atomic E-state index is 10.9. The van der Waals surface area contributed by atoms with Crippen LogP contribution in [0.4, 0.5) is 0 Å². The minimum absolute atomic E-state index is 0.285. The first-order valence-electron chi connectivity index (χ1n) is 6.92. The lowest BCUT2D eigenvalue weighted by molar-refractivity contribution is -0.183. The molecule has 0 bridgehead atoms. The van der Waals surface area contributed by atoms with Crippen molar-refractivity contribution in [2.75, 3.05) is 0 Å². The molecule has 2 nitrogen and oxygen atoms in total. The van der Waals surface area contributed by atoms with Gasteiger partial charge in [-0.3, -0.25) is 0 Å². The number of rotatable bonds is 5. The van der Waals surface area contributed by atoms with E-state index in [2.05, 4.69) is 6.92 Å². The lowest BCUT2D eigenvalue weighted by atomic mass is 9.66. The first-order valence-corrected chi connectivity index (χ1v) is 6.92. The lowest BCUT2D eigenvalue weighted by Gasteiger charge is -2.47. The monoisotopic (exact) mass is 228 g/mol. The molecule has 1 aliphatic rings. The van der Waals surface area contributed by atoms with Crippen molar-refractivity contribution in [1.29, 1.82) is 0 Å². The Balaban J connectivity index is 2.81. The van der Waals surface area contributed by atoms with Crippen LogP contribution in [0.15, 0.2) is 0 Å². The zero-order chi connectivity index (χ0) is 12.2. The summed E-state index contributed by atoms with van der Waals surface area (Å²) in [6, 6.07) is 0. The highest BCUT2D eigenvalue weighted by molar-refractivity contribution is 5.00. The van der Waals surface area contributed by atoms with Crippen molar-refractivity contribution in [2.45, 2.75) is 83.3 Å². The predicted molar refractivity (Wildman–Crippen MR) is 67.3 cm³/mol. The highest BCUT2D eigenvalue weighted by Crippen LogP contribution is 2.42. The normalized spacial score (nSPS) is 26.1. The predicted octanol–water partition coefficient (Wildman–Crippen LogP) is 3.26. The van der Waals surface area contributed by atoms with Crippen molar-refractivity contribution in [3.8, 4) is 0 Å². The van der Waals surface area contributed by atoms with E-state index in [9.17, 15) is 10.2 Å². The summed E-state index contributed by atoms with van der Waals surface area (Å²) in [7, 11) is 0. The van der Waals surface area contributed by atoms with Gasteiger partial charge < -0.3 is 10.2 Å². The second kappa shape index (κ2) is 5.50. The van der Waals surface area contributed by atoms with Gasteiger partial charge in [0.15, 0.2) is 0 Å². The van der Waals surface area contributed by atoms with Crippen LogP contribution >= 0.6 is 0 Å². The van der Waals surface area contributed by atoms with Gasteiger partial charge in [-0.2, -0.15) is 0 Å². The molecule has 2 unspecified atom stereocenters. The number of hydrogen-bond acceptors (Lipinski definition) is 2. The molecule has 1 rings (SSSR count). The van der Waals surface area contributed by atoms with E-state index in [1.165, 1.54) is 19.3 Å². The Morgan fingerprint density at radius 3 is 2.06 bits per heavy atom. The van der Waals surface area contributed by atoms with Gasteiger partial charge in [0.05, 0.1) is 11.2 Å². The van der Waals surface area contributed by atoms with E-state index < -0.39 is 11.2 Å². The molecule has 0 spiro atoms. The lowest BCUT2D eigenvalue weighted by Crippen LogP contribution is -2.57. The molecule has 0 aliphatic heterocycles. The van der Waals surface area contributed by atoms with E-state index in [-0.39, 0.29) is 5.92 Å². The van der Waals surface area contributed by atoms with Crippen LogP contribution in [0, 0.1) is 5.92 Å². The van der Waals surface area contributed by atoms with Gasteiger partial charge in [0.1, 0.15) is 0 Å². The molecule has 2 heteroatoms. The summed E-state index contributed by atoms with van der Waals surface area (Å²) in [4.78, 5) is 0. The van der Waals surface area contributed by atoms with E-state index in [0.29, 0.717) is 12.8 Å². The first kappa shape index (κ1) is 14.0. The van der Waals surface area contributed by atoms with Crippen LogP contribution in [-0.4, -0.2) is 21.4 Å². The first-order chi connectivity index (χ1) is 7.48. The van der Waals surface area contributed by atoms with E-state index in [1.807, 2.05) is 13.8 Å². The number of aliphatic hydroxyl groups is 2. The van der Waals surface area contributed by atoms with Crippen LogP contribution in [0.3, 0.4) is 0 Å². The van der Waals surface area contributed by atoms with Gasteiger partial charge in [-0.05, 0) is 38.5 Å². The minimum Gasteiger partial charge on any atom is -0.387 e. The topological polar surface area (TPSA) is 40.5 Å². The van der Waals surface area contributed by atoms with E-state index in [4.69, 9.17) is 0 Å². The van der Waals surface area contributed by atoms with E-state index in [0.717, 1.165) is 19.3 Å². The number of hydrogen-bond donors (Lipinski definition) is 2. The highest BCUT2D eigenvalue weighted by atomic mass is 16.4. The second-order valence-corrected chi connectivity index (χ2v) is 5.64. The quantitative estimate of drug-likeness (QED) is 0.758. The smallest absolute Gasteiger partial charge is 0.0955 e. The standard InChI is InChI=1S/C14H28O2/c1-4-11-13(3,15)14(16,5-2)12-9-7-6-8-10-12/h12,15-16H,4-11H2,1-3H3. The van der Waals surface area contributed by atoms with Crippen molar-refractivity contribution < 1.29 is 10.2 Å². The minimum atomic E-state index is -0.932. The highest BCUT2D eigenvalue weighted by Gasteiger charge is 2.48. The zero-order valence-electron chi connectivity index (χ0n) is 11.1. The molecule has 0 aromatic rings. The van der Waals surface area contributed by atoms with E-state index in [1.54, 1.807) is 0 Å².